The van der Waals surface area contributed by atoms with E-state index < -0.39 is 0 Å². The fourth-order valence-corrected chi connectivity index (χ4v) is 4.20. The number of hydrogen-bond donors (Lipinski definition) is 1. The van der Waals surface area contributed by atoms with Crippen LogP contribution in [0.2, 0.25) is 0 Å². The van der Waals surface area contributed by atoms with Gasteiger partial charge in [-0.3, -0.25) is 4.79 Å². The van der Waals surface area contributed by atoms with E-state index >= 15 is 0 Å². The molecule has 1 saturated carbocycles. The van der Waals surface area contributed by atoms with Crippen molar-refractivity contribution in [3.05, 3.63) is 35.4 Å². The molecule has 0 bridgehead atoms. The van der Waals surface area contributed by atoms with Crippen molar-refractivity contribution in [2.24, 2.45) is 11.1 Å². The van der Waals surface area contributed by atoms with Crippen molar-refractivity contribution >= 4 is 5.91 Å². The topological polar surface area (TPSA) is 46.3 Å². The van der Waals surface area contributed by atoms with E-state index in [2.05, 4.69) is 24.3 Å². The maximum absolute atomic E-state index is 13.1. The molecule has 0 aliphatic heterocycles. The highest BCUT2D eigenvalue weighted by Crippen LogP contribution is 2.42. The van der Waals surface area contributed by atoms with E-state index in [9.17, 15) is 4.79 Å². The Bertz CT molecular complexity index is 520. The van der Waals surface area contributed by atoms with Crippen LogP contribution in [0, 0.1) is 5.41 Å². The number of carbonyl (C=O) groups is 1. The molecule has 3 rings (SSSR count). The molecule has 2 aliphatic carbocycles. The average Bonchev–Trinajstić information content (AvgIpc) is 3.03. The van der Waals surface area contributed by atoms with E-state index in [0.717, 1.165) is 44.9 Å². The maximum Gasteiger partial charge on any atom is 0.230 e. The number of fused-ring (bicyclic) bond motifs is 1. The van der Waals surface area contributed by atoms with Crippen molar-refractivity contribution in [1.29, 1.82) is 0 Å². The second-order valence-corrected chi connectivity index (χ2v) is 6.71. The largest absolute Gasteiger partial charge is 0.338 e. The van der Waals surface area contributed by atoms with Crippen LogP contribution in [-0.2, 0) is 11.2 Å². The van der Waals surface area contributed by atoms with Crippen LogP contribution in [0.5, 0.6) is 0 Å². The Labute approximate surface area is 127 Å². The van der Waals surface area contributed by atoms with Crippen LogP contribution in [0.25, 0.3) is 0 Å². The standard InChI is InChI=1S/C18H26N2O/c1-20(17(21)18(13-19)11-4-5-12-18)16-10-6-8-14-7-2-3-9-15(14)16/h2-3,7,9,16H,4-6,8,10-13,19H2,1H3. The lowest BCUT2D eigenvalue weighted by Crippen LogP contribution is -2.46. The zero-order chi connectivity index (χ0) is 14.9. The summed E-state index contributed by atoms with van der Waals surface area (Å²) in [7, 11) is 1.98. The predicted molar refractivity (Wildman–Crippen MR) is 84.8 cm³/mol. The van der Waals surface area contributed by atoms with Crippen LogP contribution in [0.15, 0.2) is 24.3 Å². The van der Waals surface area contributed by atoms with Crippen molar-refractivity contribution < 1.29 is 4.79 Å². The van der Waals surface area contributed by atoms with Gasteiger partial charge < -0.3 is 10.6 Å². The van der Waals surface area contributed by atoms with E-state index in [1.165, 1.54) is 11.1 Å². The van der Waals surface area contributed by atoms with Gasteiger partial charge in [-0.2, -0.15) is 0 Å². The first kappa shape index (κ1) is 14.6. The SMILES string of the molecule is CN(C(=O)C1(CN)CCCC1)C1CCCc2ccccc21. The first-order valence-corrected chi connectivity index (χ1v) is 8.23. The highest BCUT2D eigenvalue weighted by Gasteiger charge is 2.43. The Hall–Kier alpha value is -1.35. The number of hydrogen-bond acceptors (Lipinski definition) is 2. The number of amides is 1. The molecule has 0 heterocycles. The van der Waals surface area contributed by atoms with Crippen LogP contribution in [0.4, 0.5) is 0 Å². The van der Waals surface area contributed by atoms with Gasteiger partial charge >= 0.3 is 0 Å². The number of nitrogens with two attached hydrogens (primary N) is 1. The Kier molecular flexibility index (Phi) is 4.03. The van der Waals surface area contributed by atoms with Crippen LogP contribution < -0.4 is 5.73 Å². The summed E-state index contributed by atoms with van der Waals surface area (Å²) in [6.07, 6.45) is 7.56. The number of rotatable bonds is 3. The lowest BCUT2D eigenvalue weighted by molar-refractivity contribution is -0.142. The van der Waals surface area contributed by atoms with Crippen LogP contribution >= 0.6 is 0 Å². The Morgan fingerprint density at radius 1 is 1.29 bits per heavy atom. The second-order valence-electron chi connectivity index (χ2n) is 6.71. The summed E-state index contributed by atoms with van der Waals surface area (Å²) in [6.45, 7) is 0.491. The molecule has 0 saturated heterocycles. The normalized spacial score (nSPS) is 23.6. The third-order valence-electron chi connectivity index (χ3n) is 5.53. The smallest absolute Gasteiger partial charge is 0.230 e. The third-order valence-corrected chi connectivity index (χ3v) is 5.53. The van der Waals surface area contributed by atoms with Gasteiger partial charge in [0.15, 0.2) is 0 Å². The second kappa shape index (κ2) is 5.80. The van der Waals surface area contributed by atoms with E-state index in [1.54, 1.807) is 0 Å². The Balaban J connectivity index is 1.86. The van der Waals surface area contributed by atoms with E-state index in [0.29, 0.717) is 6.54 Å². The van der Waals surface area contributed by atoms with E-state index in [1.807, 2.05) is 11.9 Å². The van der Waals surface area contributed by atoms with Crippen LogP contribution in [-0.4, -0.2) is 24.4 Å². The number of nitrogens with zero attached hydrogens (tertiary/aromatic N) is 1. The summed E-state index contributed by atoms with van der Waals surface area (Å²) in [5.41, 5.74) is 8.44. The van der Waals surface area contributed by atoms with Gasteiger partial charge in [-0.25, -0.2) is 0 Å². The molecule has 1 fully saturated rings. The van der Waals surface area contributed by atoms with Crippen molar-refractivity contribution in [2.75, 3.05) is 13.6 Å². The molecule has 21 heavy (non-hydrogen) atoms. The molecule has 1 unspecified atom stereocenters. The molecule has 0 spiro atoms. The average molecular weight is 286 g/mol. The molecule has 2 aliphatic rings. The maximum atomic E-state index is 13.1. The number of benzene rings is 1. The van der Waals surface area contributed by atoms with Crippen molar-refractivity contribution in [3.63, 3.8) is 0 Å². The highest BCUT2D eigenvalue weighted by atomic mass is 16.2. The van der Waals surface area contributed by atoms with Crippen molar-refractivity contribution in [3.8, 4) is 0 Å². The summed E-state index contributed by atoms with van der Waals surface area (Å²) in [5, 5.41) is 0. The summed E-state index contributed by atoms with van der Waals surface area (Å²) in [4.78, 5) is 15.0. The highest BCUT2D eigenvalue weighted by molar-refractivity contribution is 5.83. The summed E-state index contributed by atoms with van der Waals surface area (Å²) in [6, 6.07) is 8.80. The molecular weight excluding hydrogens is 260 g/mol. The minimum Gasteiger partial charge on any atom is -0.338 e. The van der Waals surface area contributed by atoms with Gasteiger partial charge in [-0.15, -0.1) is 0 Å². The Morgan fingerprint density at radius 2 is 2.00 bits per heavy atom. The lowest BCUT2D eigenvalue weighted by atomic mass is 9.82. The summed E-state index contributed by atoms with van der Waals surface area (Å²) in [5.74, 6) is 0.268. The zero-order valence-corrected chi connectivity index (χ0v) is 13.0. The van der Waals surface area contributed by atoms with E-state index in [4.69, 9.17) is 5.73 Å². The van der Waals surface area contributed by atoms with Gasteiger partial charge in [0.1, 0.15) is 0 Å². The van der Waals surface area contributed by atoms with Crippen LogP contribution in [0.3, 0.4) is 0 Å². The molecular formula is C18H26N2O. The fraction of sp³-hybridized carbons (Fsp3) is 0.611. The first-order valence-electron chi connectivity index (χ1n) is 8.23. The molecule has 1 aromatic rings. The quantitative estimate of drug-likeness (QED) is 0.928. The third kappa shape index (κ3) is 2.48. The minimum absolute atomic E-state index is 0.228. The van der Waals surface area contributed by atoms with Gasteiger partial charge in [-0.1, -0.05) is 37.1 Å². The van der Waals surface area contributed by atoms with Crippen molar-refractivity contribution in [2.45, 2.75) is 51.0 Å². The first-order chi connectivity index (χ1) is 10.2. The lowest BCUT2D eigenvalue weighted by Gasteiger charge is -2.38. The number of carbonyl (C=O) groups excluding carboxylic acids is 1. The molecule has 114 valence electrons. The predicted octanol–water partition coefficient (Wildman–Crippen LogP) is 3.04. The monoisotopic (exact) mass is 286 g/mol. The van der Waals surface area contributed by atoms with Gasteiger partial charge in [0.2, 0.25) is 5.91 Å². The molecule has 2 N–H and O–H groups in total. The minimum atomic E-state index is -0.291. The van der Waals surface area contributed by atoms with Gasteiger partial charge in [0.25, 0.3) is 0 Å². The molecule has 0 radical (unpaired) electrons. The van der Waals surface area contributed by atoms with Crippen LogP contribution in [0.1, 0.15) is 55.7 Å². The zero-order valence-electron chi connectivity index (χ0n) is 13.0. The molecule has 0 aromatic heterocycles. The molecule has 1 aromatic carbocycles. The fourth-order valence-electron chi connectivity index (χ4n) is 4.20. The molecule has 3 heteroatoms. The summed E-state index contributed by atoms with van der Waals surface area (Å²) >= 11 is 0. The van der Waals surface area contributed by atoms with Gasteiger partial charge in [-0.05, 0) is 43.2 Å². The van der Waals surface area contributed by atoms with Gasteiger partial charge in [0.05, 0.1) is 11.5 Å². The summed E-state index contributed by atoms with van der Waals surface area (Å²) < 4.78 is 0. The number of aryl methyl sites for hydroxylation is 1. The Morgan fingerprint density at radius 3 is 2.71 bits per heavy atom. The van der Waals surface area contributed by atoms with Gasteiger partial charge in [0, 0.05) is 13.6 Å². The molecule has 1 atom stereocenters. The molecule has 1 amide bonds. The van der Waals surface area contributed by atoms with Crippen molar-refractivity contribution in [1.82, 2.24) is 4.90 Å². The van der Waals surface area contributed by atoms with E-state index in [-0.39, 0.29) is 17.4 Å². The molecule has 3 nitrogen and oxygen atoms in total.